The molecule has 0 radical (unpaired) electrons. The molecule has 23 heavy (non-hydrogen) atoms. The zero-order valence-electron chi connectivity index (χ0n) is 14.2. The number of sulfone groups is 1. The highest BCUT2D eigenvalue weighted by molar-refractivity contribution is 7.91. The van der Waals surface area contributed by atoms with Crippen LogP contribution >= 0.6 is 0 Å². The Bertz CT molecular complexity index is 571. The molecule has 1 aliphatic rings. The predicted molar refractivity (Wildman–Crippen MR) is 94.2 cm³/mol. The number of hydrogen-bond acceptors (Lipinski definition) is 4. The topological polar surface area (TPSA) is 57.6 Å². The van der Waals surface area contributed by atoms with E-state index in [9.17, 15) is 13.5 Å². The van der Waals surface area contributed by atoms with Gasteiger partial charge in [-0.1, -0.05) is 30.3 Å². The molecule has 0 aliphatic carbocycles. The molecular weight excluding hydrogens is 310 g/mol. The molecule has 4 nitrogen and oxygen atoms in total. The van der Waals surface area contributed by atoms with Gasteiger partial charge >= 0.3 is 0 Å². The second-order valence-corrected chi connectivity index (χ2v) is 9.44. The van der Waals surface area contributed by atoms with E-state index in [-0.39, 0.29) is 11.0 Å². The summed E-state index contributed by atoms with van der Waals surface area (Å²) in [5.74, 6) is 0.259. The Balaban J connectivity index is 1.83. The number of benzene rings is 1. The number of nitrogens with zero attached hydrogens (tertiary/aromatic N) is 1. The lowest BCUT2D eigenvalue weighted by atomic mass is 10.0. The van der Waals surface area contributed by atoms with E-state index in [1.165, 1.54) is 0 Å². The Morgan fingerprint density at radius 1 is 1.26 bits per heavy atom. The fourth-order valence-electron chi connectivity index (χ4n) is 3.23. The normalized spacial score (nSPS) is 21.0. The van der Waals surface area contributed by atoms with Crippen LogP contribution in [-0.2, 0) is 9.84 Å². The van der Waals surface area contributed by atoms with Crippen LogP contribution in [0.2, 0.25) is 0 Å². The smallest absolute Gasteiger partial charge is 0.152 e. The van der Waals surface area contributed by atoms with Crippen LogP contribution in [0.3, 0.4) is 0 Å². The molecular formula is C18H29NO3S. The lowest BCUT2D eigenvalue weighted by molar-refractivity contribution is 0.121. The Labute approximate surface area is 140 Å². The van der Waals surface area contributed by atoms with Gasteiger partial charge in [0.25, 0.3) is 0 Å². The van der Waals surface area contributed by atoms with E-state index in [2.05, 4.69) is 4.90 Å². The first-order chi connectivity index (χ1) is 10.9. The van der Waals surface area contributed by atoms with Gasteiger partial charge in [-0.2, -0.15) is 0 Å². The third-order valence-electron chi connectivity index (χ3n) is 4.77. The van der Waals surface area contributed by atoms with Crippen molar-refractivity contribution < 1.29 is 13.5 Å². The molecule has 2 atom stereocenters. The summed E-state index contributed by atoms with van der Waals surface area (Å²) >= 11 is 0. The predicted octanol–water partition coefficient (Wildman–Crippen LogP) is 2.79. The van der Waals surface area contributed by atoms with Crippen LogP contribution in [-0.4, -0.2) is 48.6 Å². The van der Waals surface area contributed by atoms with Gasteiger partial charge < -0.3 is 10.0 Å². The SMILES string of the molecule is CC(C)S(=O)(=O)CCCN1CCCC1CC(O)c1ccccc1. The molecule has 0 bridgehead atoms. The van der Waals surface area contributed by atoms with Gasteiger partial charge in [0, 0.05) is 6.04 Å². The van der Waals surface area contributed by atoms with Gasteiger partial charge in [-0.05, 0) is 58.2 Å². The van der Waals surface area contributed by atoms with Crippen LogP contribution in [0.1, 0.15) is 51.2 Å². The lowest BCUT2D eigenvalue weighted by Crippen LogP contribution is -2.33. The first-order valence-electron chi connectivity index (χ1n) is 8.59. The summed E-state index contributed by atoms with van der Waals surface area (Å²) < 4.78 is 23.8. The van der Waals surface area contributed by atoms with E-state index in [0.717, 1.165) is 37.9 Å². The fourth-order valence-corrected chi connectivity index (χ4v) is 4.23. The van der Waals surface area contributed by atoms with Crippen LogP contribution in [0.4, 0.5) is 0 Å². The quantitative estimate of drug-likeness (QED) is 0.791. The zero-order valence-corrected chi connectivity index (χ0v) is 15.0. The molecule has 0 aromatic heterocycles. The van der Waals surface area contributed by atoms with E-state index < -0.39 is 15.9 Å². The highest BCUT2D eigenvalue weighted by Gasteiger charge is 2.27. The van der Waals surface area contributed by atoms with Crippen LogP contribution in [0.15, 0.2) is 30.3 Å². The van der Waals surface area contributed by atoms with Crippen molar-refractivity contribution in [3.63, 3.8) is 0 Å². The number of hydrogen-bond donors (Lipinski definition) is 1. The van der Waals surface area contributed by atoms with Crippen molar-refractivity contribution in [3.8, 4) is 0 Å². The third-order valence-corrected chi connectivity index (χ3v) is 7.07. The molecule has 5 heteroatoms. The number of aliphatic hydroxyl groups is 1. The minimum atomic E-state index is -2.95. The van der Waals surface area contributed by atoms with E-state index >= 15 is 0 Å². The summed E-state index contributed by atoms with van der Waals surface area (Å²) in [5.41, 5.74) is 0.960. The Kier molecular flexibility index (Phi) is 6.62. The van der Waals surface area contributed by atoms with Gasteiger partial charge in [0.2, 0.25) is 0 Å². The summed E-state index contributed by atoms with van der Waals surface area (Å²) in [6, 6.07) is 10.1. The first kappa shape index (κ1) is 18.4. The molecule has 1 aromatic rings. The summed E-state index contributed by atoms with van der Waals surface area (Å²) in [4.78, 5) is 2.35. The lowest BCUT2D eigenvalue weighted by Gasteiger charge is -2.26. The van der Waals surface area contributed by atoms with E-state index in [1.807, 2.05) is 30.3 Å². The van der Waals surface area contributed by atoms with E-state index in [1.54, 1.807) is 13.8 Å². The van der Waals surface area contributed by atoms with Crippen LogP contribution in [0.5, 0.6) is 0 Å². The molecule has 1 heterocycles. The van der Waals surface area contributed by atoms with Gasteiger partial charge in [0.15, 0.2) is 9.84 Å². The molecule has 0 spiro atoms. The summed E-state index contributed by atoms with van der Waals surface area (Å²) in [5, 5.41) is 10.1. The Morgan fingerprint density at radius 3 is 2.61 bits per heavy atom. The molecule has 2 rings (SSSR count). The average molecular weight is 340 g/mol. The molecule has 130 valence electrons. The van der Waals surface area contributed by atoms with Crippen LogP contribution in [0.25, 0.3) is 0 Å². The summed E-state index contributed by atoms with van der Waals surface area (Å²) in [6.07, 6.45) is 3.17. The molecule has 1 N–H and O–H groups in total. The molecule has 1 fully saturated rings. The van der Waals surface area contributed by atoms with Gasteiger partial charge in [0.05, 0.1) is 17.1 Å². The van der Waals surface area contributed by atoms with Crippen molar-refractivity contribution in [1.29, 1.82) is 0 Å². The van der Waals surface area contributed by atoms with Gasteiger partial charge in [-0.3, -0.25) is 0 Å². The van der Waals surface area contributed by atoms with Crippen LogP contribution < -0.4 is 0 Å². The molecule has 2 unspecified atom stereocenters. The van der Waals surface area contributed by atoms with Crippen LogP contribution in [0, 0.1) is 0 Å². The molecule has 1 aliphatic heterocycles. The maximum atomic E-state index is 11.9. The number of rotatable bonds is 8. The highest BCUT2D eigenvalue weighted by atomic mass is 32.2. The van der Waals surface area contributed by atoms with Crippen molar-refractivity contribution in [3.05, 3.63) is 35.9 Å². The second-order valence-electron chi connectivity index (χ2n) is 6.76. The first-order valence-corrected chi connectivity index (χ1v) is 10.3. The largest absolute Gasteiger partial charge is 0.388 e. The van der Waals surface area contributed by atoms with Crippen molar-refractivity contribution in [1.82, 2.24) is 4.90 Å². The van der Waals surface area contributed by atoms with Crippen molar-refractivity contribution >= 4 is 9.84 Å². The summed E-state index contributed by atoms with van der Waals surface area (Å²) in [6.45, 7) is 5.29. The second kappa shape index (κ2) is 8.27. The van der Waals surface area contributed by atoms with E-state index in [4.69, 9.17) is 0 Å². The Morgan fingerprint density at radius 2 is 1.96 bits per heavy atom. The fraction of sp³-hybridized carbons (Fsp3) is 0.667. The van der Waals surface area contributed by atoms with Gasteiger partial charge in [0.1, 0.15) is 0 Å². The number of likely N-dealkylation sites (tertiary alicyclic amines) is 1. The minimum absolute atomic E-state index is 0.259. The summed E-state index contributed by atoms with van der Waals surface area (Å²) in [7, 11) is -2.95. The zero-order chi connectivity index (χ0) is 16.9. The van der Waals surface area contributed by atoms with Crippen molar-refractivity contribution in [2.45, 2.75) is 56.9 Å². The molecule has 0 amide bonds. The molecule has 1 aromatic carbocycles. The number of aliphatic hydroxyl groups excluding tert-OH is 1. The van der Waals surface area contributed by atoms with E-state index in [0.29, 0.717) is 12.5 Å². The molecule has 0 saturated carbocycles. The third kappa shape index (κ3) is 5.30. The van der Waals surface area contributed by atoms with Gasteiger partial charge in [-0.15, -0.1) is 0 Å². The monoisotopic (exact) mass is 339 g/mol. The maximum Gasteiger partial charge on any atom is 0.152 e. The molecule has 1 saturated heterocycles. The standard InChI is InChI=1S/C18H29NO3S/c1-15(2)23(21,22)13-7-12-19-11-6-10-17(19)14-18(20)16-8-4-3-5-9-16/h3-5,8-9,15,17-18,20H,6-7,10-14H2,1-2H3. The minimum Gasteiger partial charge on any atom is -0.388 e. The van der Waals surface area contributed by atoms with Gasteiger partial charge in [-0.25, -0.2) is 8.42 Å². The maximum absolute atomic E-state index is 11.9. The highest BCUT2D eigenvalue weighted by Crippen LogP contribution is 2.27. The van der Waals surface area contributed by atoms with Crippen molar-refractivity contribution in [2.24, 2.45) is 0 Å². The van der Waals surface area contributed by atoms with Crippen molar-refractivity contribution in [2.75, 3.05) is 18.8 Å². The average Bonchev–Trinajstić information content (AvgIpc) is 2.95. The Hall–Kier alpha value is -0.910.